The Labute approximate surface area is 133 Å². The third-order valence-electron chi connectivity index (χ3n) is 5.38. The highest BCUT2D eigenvalue weighted by Gasteiger charge is 2.32. The first-order chi connectivity index (χ1) is 10.2. The van der Waals surface area contributed by atoms with Gasteiger partial charge in [0.25, 0.3) is 0 Å². The number of hydrogen-bond donors (Lipinski definition) is 1. The van der Waals surface area contributed by atoms with Crippen LogP contribution < -0.4 is 5.73 Å². The van der Waals surface area contributed by atoms with Crippen LogP contribution in [0.15, 0.2) is 24.3 Å². The average molecular weight is 307 g/mol. The van der Waals surface area contributed by atoms with Crippen molar-refractivity contribution >= 4 is 11.6 Å². The molecule has 1 unspecified atom stereocenters. The molecule has 1 aliphatic heterocycles. The summed E-state index contributed by atoms with van der Waals surface area (Å²) >= 11 is 5.94. The number of halogens is 1. The van der Waals surface area contributed by atoms with E-state index in [-0.39, 0.29) is 6.04 Å². The fourth-order valence-corrected chi connectivity index (χ4v) is 4.31. The van der Waals surface area contributed by atoms with Gasteiger partial charge in [-0.2, -0.15) is 0 Å². The molecule has 21 heavy (non-hydrogen) atoms. The van der Waals surface area contributed by atoms with E-state index in [1.54, 1.807) is 0 Å². The summed E-state index contributed by atoms with van der Waals surface area (Å²) in [5.41, 5.74) is 7.57. The van der Waals surface area contributed by atoms with Crippen LogP contribution in [0.25, 0.3) is 0 Å². The van der Waals surface area contributed by atoms with Gasteiger partial charge in [0, 0.05) is 23.7 Å². The molecule has 3 rings (SSSR count). The highest BCUT2D eigenvalue weighted by Crippen LogP contribution is 2.35. The van der Waals surface area contributed by atoms with Crippen LogP contribution in [0.4, 0.5) is 0 Å². The first-order valence-electron chi connectivity index (χ1n) is 8.49. The van der Waals surface area contributed by atoms with E-state index in [9.17, 15) is 0 Å². The minimum atomic E-state index is 0.131. The second-order valence-electron chi connectivity index (χ2n) is 6.74. The van der Waals surface area contributed by atoms with Crippen LogP contribution in [0.1, 0.15) is 56.6 Å². The molecule has 1 heterocycles. The van der Waals surface area contributed by atoms with Gasteiger partial charge in [0.1, 0.15) is 0 Å². The van der Waals surface area contributed by atoms with Crippen molar-refractivity contribution in [2.45, 2.75) is 57.0 Å². The van der Waals surface area contributed by atoms with Gasteiger partial charge in [-0.1, -0.05) is 36.6 Å². The molecule has 2 fully saturated rings. The van der Waals surface area contributed by atoms with E-state index in [0.717, 1.165) is 29.9 Å². The van der Waals surface area contributed by atoms with E-state index >= 15 is 0 Å². The van der Waals surface area contributed by atoms with Gasteiger partial charge in [-0.3, -0.25) is 0 Å². The standard InChI is InChI=1S/C18H27ClN2/c19-16-9-7-14(8-10-16)17(20)11-13-21-12-3-5-15-4-1-2-6-18(15)21/h7-10,15,17-18H,1-6,11-13,20H2/t15-,17?,18-/m1/s1. The summed E-state index contributed by atoms with van der Waals surface area (Å²) in [5, 5.41) is 0.784. The Morgan fingerprint density at radius 2 is 1.81 bits per heavy atom. The first kappa shape index (κ1) is 15.3. The zero-order valence-corrected chi connectivity index (χ0v) is 13.6. The Kier molecular flexibility index (Phi) is 5.20. The molecule has 0 amide bonds. The van der Waals surface area contributed by atoms with E-state index < -0.39 is 0 Å². The van der Waals surface area contributed by atoms with E-state index in [1.807, 2.05) is 12.1 Å². The van der Waals surface area contributed by atoms with Crippen LogP contribution in [-0.2, 0) is 0 Å². The molecule has 0 spiro atoms. The van der Waals surface area contributed by atoms with Gasteiger partial charge in [0.05, 0.1) is 0 Å². The third-order valence-corrected chi connectivity index (χ3v) is 5.64. The van der Waals surface area contributed by atoms with Crippen LogP contribution in [0, 0.1) is 5.92 Å². The molecule has 116 valence electrons. The van der Waals surface area contributed by atoms with E-state index in [4.69, 9.17) is 17.3 Å². The van der Waals surface area contributed by atoms with Crippen molar-refractivity contribution in [3.63, 3.8) is 0 Å². The van der Waals surface area contributed by atoms with Crippen molar-refractivity contribution in [2.24, 2.45) is 11.7 Å². The third kappa shape index (κ3) is 3.80. The molecule has 1 aromatic carbocycles. The molecule has 2 N–H and O–H groups in total. The van der Waals surface area contributed by atoms with Crippen LogP contribution in [0.3, 0.4) is 0 Å². The molecule has 2 aliphatic rings. The number of nitrogens with zero attached hydrogens (tertiary/aromatic N) is 1. The average Bonchev–Trinajstić information content (AvgIpc) is 2.53. The molecule has 0 radical (unpaired) electrons. The van der Waals surface area contributed by atoms with Gasteiger partial charge >= 0.3 is 0 Å². The van der Waals surface area contributed by atoms with Crippen LogP contribution in [0.5, 0.6) is 0 Å². The minimum absolute atomic E-state index is 0.131. The summed E-state index contributed by atoms with van der Waals surface area (Å²) in [7, 11) is 0. The van der Waals surface area contributed by atoms with Crippen LogP contribution >= 0.6 is 11.6 Å². The largest absolute Gasteiger partial charge is 0.324 e. The predicted octanol–water partition coefficient (Wildman–Crippen LogP) is 4.38. The predicted molar refractivity (Wildman–Crippen MR) is 89.6 cm³/mol. The second kappa shape index (κ2) is 7.13. The van der Waals surface area contributed by atoms with Crippen molar-refractivity contribution in [3.8, 4) is 0 Å². The summed E-state index contributed by atoms with van der Waals surface area (Å²) in [5.74, 6) is 0.958. The lowest BCUT2D eigenvalue weighted by atomic mass is 9.78. The SMILES string of the molecule is NC(CCN1CCC[C@H]2CCCC[C@H]21)c1ccc(Cl)cc1. The Balaban J connectivity index is 1.55. The van der Waals surface area contributed by atoms with Crippen molar-refractivity contribution < 1.29 is 0 Å². The van der Waals surface area contributed by atoms with Crippen LogP contribution in [0.2, 0.25) is 5.02 Å². The number of nitrogens with two attached hydrogens (primary N) is 1. The molecule has 2 nitrogen and oxygen atoms in total. The monoisotopic (exact) mass is 306 g/mol. The van der Waals surface area contributed by atoms with Crippen LogP contribution in [-0.4, -0.2) is 24.0 Å². The smallest absolute Gasteiger partial charge is 0.0406 e. The van der Waals surface area contributed by atoms with E-state index in [0.29, 0.717) is 0 Å². The zero-order valence-electron chi connectivity index (χ0n) is 12.8. The molecule has 3 heteroatoms. The molecule has 0 aromatic heterocycles. The molecule has 1 saturated carbocycles. The minimum Gasteiger partial charge on any atom is -0.324 e. The van der Waals surface area contributed by atoms with Gasteiger partial charge in [0.2, 0.25) is 0 Å². The molecule has 1 aliphatic carbocycles. The van der Waals surface area contributed by atoms with Gasteiger partial charge in [-0.05, 0) is 62.3 Å². The Morgan fingerprint density at radius 1 is 1.10 bits per heavy atom. The summed E-state index contributed by atoms with van der Waals surface area (Å²) in [6, 6.07) is 8.97. The molecule has 1 saturated heterocycles. The van der Waals surface area contributed by atoms with Gasteiger partial charge in [-0.25, -0.2) is 0 Å². The second-order valence-corrected chi connectivity index (χ2v) is 7.17. The molecule has 1 aromatic rings. The number of benzene rings is 1. The highest BCUT2D eigenvalue weighted by atomic mass is 35.5. The van der Waals surface area contributed by atoms with Gasteiger partial charge in [0.15, 0.2) is 0 Å². The lowest BCUT2D eigenvalue weighted by Gasteiger charge is -2.44. The fourth-order valence-electron chi connectivity index (χ4n) is 4.19. The van der Waals surface area contributed by atoms with Crippen molar-refractivity contribution in [1.29, 1.82) is 0 Å². The van der Waals surface area contributed by atoms with Gasteiger partial charge in [-0.15, -0.1) is 0 Å². The Hall–Kier alpha value is -0.570. The number of rotatable bonds is 4. The normalized spacial score (nSPS) is 28.1. The zero-order chi connectivity index (χ0) is 14.7. The fraction of sp³-hybridized carbons (Fsp3) is 0.667. The topological polar surface area (TPSA) is 29.3 Å². The number of likely N-dealkylation sites (tertiary alicyclic amines) is 1. The highest BCUT2D eigenvalue weighted by molar-refractivity contribution is 6.30. The molecule has 3 atom stereocenters. The van der Waals surface area contributed by atoms with Crippen molar-refractivity contribution in [1.82, 2.24) is 4.90 Å². The summed E-state index contributed by atoms with van der Waals surface area (Å²) in [6.45, 7) is 2.42. The van der Waals surface area contributed by atoms with Crippen molar-refractivity contribution in [2.75, 3.05) is 13.1 Å². The number of fused-ring (bicyclic) bond motifs is 1. The number of hydrogen-bond acceptors (Lipinski definition) is 2. The first-order valence-corrected chi connectivity index (χ1v) is 8.87. The molecule has 0 bridgehead atoms. The van der Waals surface area contributed by atoms with E-state index in [1.165, 1.54) is 50.6 Å². The maximum absolute atomic E-state index is 6.36. The lowest BCUT2D eigenvalue weighted by Crippen LogP contribution is -2.47. The maximum Gasteiger partial charge on any atom is 0.0406 e. The number of piperidine rings is 1. The molecular formula is C18H27ClN2. The van der Waals surface area contributed by atoms with Crippen molar-refractivity contribution in [3.05, 3.63) is 34.9 Å². The Bertz CT molecular complexity index is 443. The molecular weight excluding hydrogens is 280 g/mol. The summed E-state index contributed by atoms with van der Waals surface area (Å²) < 4.78 is 0. The Morgan fingerprint density at radius 3 is 2.62 bits per heavy atom. The van der Waals surface area contributed by atoms with Gasteiger partial charge < -0.3 is 10.6 Å². The maximum atomic E-state index is 6.36. The lowest BCUT2D eigenvalue weighted by molar-refractivity contribution is 0.0586. The van der Waals surface area contributed by atoms with E-state index in [2.05, 4.69) is 17.0 Å². The summed E-state index contributed by atoms with van der Waals surface area (Å²) in [4.78, 5) is 2.73. The quantitative estimate of drug-likeness (QED) is 0.894. The summed E-state index contributed by atoms with van der Waals surface area (Å²) in [6.07, 6.45) is 9.58.